The number of rotatable bonds is 4. The summed E-state index contributed by atoms with van der Waals surface area (Å²) in [7, 11) is 0. The molecule has 2 aliphatic heterocycles. The third-order valence-corrected chi connectivity index (χ3v) is 6.99. The second-order valence-corrected chi connectivity index (χ2v) is 9.69. The van der Waals surface area contributed by atoms with Gasteiger partial charge in [-0.2, -0.15) is 0 Å². The van der Waals surface area contributed by atoms with Gasteiger partial charge in [-0.1, -0.05) is 43.3 Å². The van der Waals surface area contributed by atoms with Crippen LogP contribution in [0.2, 0.25) is 0 Å². The minimum absolute atomic E-state index is 0.0509. The monoisotopic (exact) mass is 504 g/mol. The number of hydrogen-bond donors (Lipinski definition) is 3. The van der Waals surface area contributed by atoms with Crippen molar-refractivity contribution < 1.29 is 19.1 Å². The minimum atomic E-state index is -0.649. The number of allylic oxidation sites excluding steroid dienone is 1. The number of aryl methyl sites for hydroxylation is 1. The van der Waals surface area contributed by atoms with E-state index in [0.717, 1.165) is 31.5 Å². The van der Waals surface area contributed by atoms with Gasteiger partial charge in [-0.3, -0.25) is 19.3 Å². The largest absolute Gasteiger partial charge is 0.489 e. The fraction of sp³-hybridized carbons (Fsp3) is 0.414. The third kappa shape index (κ3) is 6.98. The van der Waals surface area contributed by atoms with Crippen molar-refractivity contribution in [3.63, 3.8) is 0 Å². The van der Waals surface area contributed by atoms with Crippen LogP contribution >= 0.6 is 0 Å². The van der Waals surface area contributed by atoms with E-state index >= 15 is 0 Å². The second kappa shape index (κ2) is 12.5. The van der Waals surface area contributed by atoms with Crippen LogP contribution in [-0.2, 0) is 16.0 Å². The van der Waals surface area contributed by atoms with Gasteiger partial charge in [0.25, 0.3) is 5.91 Å². The lowest BCUT2D eigenvalue weighted by Crippen LogP contribution is -2.53. The molecule has 3 N–H and O–H groups in total. The summed E-state index contributed by atoms with van der Waals surface area (Å²) in [5.41, 5.74) is 1.82. The maximum Gasteiger partial charge on any atom is 0.255 e. The summed E-state index contributed by atoms with van der Waals surface area (Å²) >= 11 is 0. The van der Waals surface area contributed by atoms with Gasteiger partial charge in [0.1, 0.15) is 12.4 Å². The number of fused-ring (bicyclic) bond motifs is 1. The van der Waals surface area contributed by atoms with Crippen LogP contribution < -0.4 is 20.7 Å². The normalized spacial score (nSPS) is 22.1. The van der Waals surface area contributed by atoms with Crippen molar-refractivity contribution in [2.75, 3.05) is 44.6 Å². The van der Waals surface area contributed by atoms with Gasteiger partial charge in [0, 0.05) is 25.3 Å². The molecule has 0 saturated carbocycles. The zero-order chi connectivity index (χ0) is 26.1. The maximum absolute atomic E-state index is 13.4. The third-order valence-electron chi connectivity index (χ3n) is 6.99. The van der Waals surface area contributed by atoms with E-state index in [9.17, 15) is 14.4 Å². The smallest absolute Gasteiger partial charge is 0.255 e. The molecule has 0 aromatic heterocycles. The number of carbonyl (C=O) groups is 3. The van der Waals surface area contributed by atoms with Crippen LogP contribution in [0.1, 0.15) is 42.1 Å². The number of piperidine rings is 1. The van der Waals surface area contributed by atoms with Gasteiger partial charge < -0.3 is 20.7 Å². The van der Waals surface area contributed by atoms with Crippen LogP contribution in [0.4, 0.5) is 5.69 Å². The molecule has 1 atom stereocenters. The predicted octanol–water partition coefficient (Wildman–Crippen LogP) is 3.15. The first-order valence-corrected chi connectivity index (χ1v) is 13.0. The fourth-order valence-electron chi connectivity index (χ4n) is 4.96. The van der Waals surface area contributed by atoms with E-state index in [0.29, 0.717) is 44.0 Å². The van der Waals surface area contributed by atoms with Crippen LogP contribution in [0, 0.1) is 5.41 Å². The minimum Gasteiger partial charge on any atom is -0.489 e. The topological polar surface area (TPSA) is 99.8 Å². The first-order chi connectivity index (χ1) is 18.0. The average molecular weight is 505 g/mol. The number of amides is 3. The standard InChI is InChI=1S/C29H36N4O4/c1-2-22-10-12-23(13-11-22)32-26(34)20-33-18-7-15-29(21-33)14-5-6-19-37-25-9-4-3-8-24(25)27(35)30-16-17-31-28(29)36/h3-6,8-13H,2,7,14-21H2,1H3,(H,30,35)(H,31,36)(H,32,34)/b6-5-. The highest BCUT2D eigenvalue weighted by atomic mass is 16.5. The Hall–Kier alpha value is -3.65. The molecule has 4 rings (SSSR count). The summed E-state index contributed by atoms with van der Waals surface area (Å²) in [5.74, 6) is 0.150. The molecule has 1 spiro atoms. The van der Waals surface area contributed by atoms with Crippen molar-refractivity contribution in [3.8, 4) is 5.75 Å². The van der Waals surface area contributed by atoms with E-state index in [1.807, 2.05) is 42.5 Å². The zero-order valence-corrected chi connectivity index (χ0v) is 21.4. The van der Waals surface area contributed by atoms with E-state index in [1.165, 1.54) is 5.56 Å². The molecule has 8 heteroatoms. The van der Waals surface area contributed by atoms with Crippen LogP contribution in [0.5, 0.6) is 5.75 Å². The number of carbonyl (C=O) groups excluding carboxylic acids is 3. The molecule has 1 fully saturated rings. The fourth-order valence-corrected chi connectivity index (χ4v) is 4.96. The molecule has 2 aromatic rings. The van der Waals surface area contributed by atoms with E-state index < -0.39 is 5.41 Å². The van der Waals surface area contributed by atoms with E-state index in [1.54, 1.807) is 18.2 Å². The SMILES string of the molecule is CCc1ccc(NC(=O)CN2CCCC3(C/C=C\COc4ccccc4C(=O)NCCNC3=O)C2)cc1. The lowest BCUT2D eigenvalue weighted by atomic mass is 9.76. The Balaban J connectivity index is 1.42. The highest BCUT2D eigenvalue weighted by Crippen LogP contribution is 2.34. The van der Waals surface area contributed by atoms with Crippen LogP contribution in [-0.4, -0.2) is 62.0 Å². The molecule has 2 heterocycles. The Kier molecular flexibility index (Phi) is 8.95. The molecule has 0 aliphatic carbocycles. The zero-order valence-electron chi connectivity index (χ0n) is 21.4. The summed E-state index contributed by atoms with van der Waals surface area (Å²) in [6, 6.07) is 15.0. The van der Waals surface area contributed by atoms with Crippen LogP contribution in [0.3, 0.4) is 0 Å². The maximum atomic E-state index is 13.4. The average Bonchev–Trinajstić information content (AvgIpc) is 2.91. The highest BCUT2D eigenvalue weighted by Gasteiger charge is 2.41. The first-order valence-electron chi connectivity index (χ1n) is 13.0. The summed E-state index contributed by atoms with van der Waals surface area (Å²) in [4.78, 5) is 40.8. The lowest BCUT2D eigenvalue weighted by Gasteiger charge is -2.41. The lowest BCUT2D eigenvalue weighted by molar-refractivity contribution is -0.135. The van der Waals surface area contributed by atoms with Crippen molar-refractivity contribution in [2.24, 2.45) is 5.41 Å². The summed E-state index contributed by atoms with van der Waals surface area (Å²) < 4.78 is 5.84. The van der Waals surface area contributed by atoms with Gasteiger partial charge in [-0.25, -0.2) is 0 Å². The Morgan fingerprint density at radius 1 is 1.05 bits per heavy atom. The van der Waals surface area contributed by atoms with E-state index in [-0.39, 0.29) is 24.3 Å². The van der Waals surface area contributed by atoms with Crippen molar-refractivity contribution in [2.45, 2.75) is 32.6 Å². The van der Waals surface area contributed by atoms with Gasteiger partial charge in [-0.05, 0) is 62.1 Å². The number of anilines is 1. The molecule has 196 valence electrons. The highest BCUT2D eigenvalue weighted by molar-refractivity contribution is 5.97. The Morgan fingerprint density at radius 2 is 1.84 bits per heavy atom. The molecule has 8 nitrogen and oxygen atoms in total. The van der Waals surface area contributed by atoms with Gasteiger partial charge in [0.05, 0.1) is 17.5 Å². The Bertz CT molecular complexity index is 1130. The molecule has 2 aliphatic rings. The van der Waals surface area contributed by atoms with Gasteiger partial charge in [0.15, 0.2) is 0 Å². The molecule has 1 unspecified atom stereocenters. The quantitative estimate of drug-likeness (QED) is 0.556. The predicted molar refractivity (Wildman–Crippen MR) is 144 cm³/mol. The van der Waals surface area contributed by atoms with E-state index in [4.69, 9.17) is 4.74 Å². The summed E-state index contributed by atoms with van der Waals surface area (Å²) in [5, 5.41) is 8.85. The molecular formula is C29H36N4O4. The van der Waals surface area contributed by atoms with Crippen molar-refractivity contribution in [1.29, 1.82) is 0 Å². The molecule has 37 heavy (non-hydrogen) atoms. The first kappa shape index (κ1) is 26.4. The molecule has 2 aromatic carbocycles. The second-order valence-electron chi connectivity index (χ2n) is 9.69. The van der Waals surface area contributed by atoms with Gasteiger partial charge >= 0.3 is 0 Å². The van der Waals surface area contributed by atoms with Gasteiger partial charge in [0.2, 0.25) is 11.8 Å². The van der Waals surface area contributed by atoms with Crippen molar-refractivity contribution in [3.05, 3.63) is 71.8 Å². The number of nitrogens with one attached hydrogen (secondary N) is 3. The molecular weight excluding hydrogens is 468 g/mol. The summed E-state index contributed by atoms with van der Waals surface area (Å²) in [6.45, 7) is 4.51. The van der Waals surface area contributed by atoms with E-state index in [2.05, 4.69) is 27.8 Å². The Morgan fingerprint density at radius 3 is 2.65 bits per heavy atom. The molecule has 0 bridgehead atoms. The number of nitrogens with zero attached hydrogens (tertiary/aromatic N) is 1. The molecule has 1 saturated heterocycles. The number of para-hydroxylation sites is 1. The number of ether oxygens (including phenoxy) is 1. The summed E-state index contributed by atoms with van der Waals surface area (Å²) in [6.07, 6.45) is 6.92. The number of likely N-dealkylation sites (tertiary alicyclic amines) is 1. The number of benzene rings is 2. The Labute approximate surface area is 218 Å². The van der Waals surface area contributed by atoms with Crippen molar-refractivity contribution in [1.82, 2.24) is 15.5 Å². The van der Waals surface area contributed by atoms with Crippen LogP contribution in [0.15, 0.2) is 60.7 Å². The van der Waals surface area contributed by atoms with Crippen molar-refractivity contribution >= 4 is 23.4 Å². The van der Waals surface area contributed by atoms with Gasteiger partial charge in [-0.15, -0.1) is 0 Å². The number of hydrogen-bond acceptors (Lipinski definition) is 5. The van der Waals surface area contributed by atoms with Crippen LogP contribution in [0.25, 0.3) is 0 Å². The molecule has 0 radical (unpaired) electrons. The molecule has 3 amide bonds.